The Hall–Kier alpha value is -1.62. The van der Waals surface area contributed by atoms with E-state index in [1.165, 1.54) is 6.07 Å². The van der Waals surface area contributed by atoms with Gasteiger partial charge in [0.15, 0.2) is 0 Å². The Morgan fingerprint density at radius 2 is 2.25 bits per heavy atom. The standard InChI is InChI=1S/C11H16N2O3/c1-3-8(2)16-7-9-5-4-6-10(11(9)12)13(14)15/h4-6,8H,3,7,12H2,1-2H3. The van der Waals surface area contributed by atoms with Gasteiger partial charge in [-0.2, -0.15) is 0 Å². The molecule has 0 aromatic heterocycles. The highest BCUT2D eigenvalue weighted by atomic mass is 16.6. The van der Waals surface area contributed by atoms with Crippen molar-refractivity contribution in [2.75, 3.05) is 5.73 Å². The molecule has 0 saturated carbocycles. The molecule has 1 atom stereocenters. The van der Waals surface area contributed by atoms with Crippen molar-refractivity contribution in [1.29, 1.82) is 0 Å². The predicted molar refractivity (Wildman–Crippen MR) is 62.1 cm³/mol. The molecule has 88 valence electrons. The van der Waals surface area contributed by atoms with Crippen molar-refractivity contribution in [1.82, 2.24) is 0 Å². The van der Waals surface area contributed by atoms with E-state index in [1.807, 2.05) is 13.8 Å². The maximum absolute atomic E-state index is 10.7. The molecule has 1 rings (SSSR count). The van der Waals surface area contributed by atoms with Crippen LogP contribution in [0.25, 0.3) is 0 Å². The predicted octanol–water partition coefficient (Wildman–Crippen LogP) is 2.49. The zero-order valence-corrected chi connectivity index (χ0v) is 9.47. The van der Waals surface area contributed by atoms with E-state index in [1.54, 1.807) is 12.1 Å². The fourth-order valence-corrected chi connectivity index (χ4v) is 1.23. The summed E-state index contributed by atoms with van der Waals surface area (Å²) < 4.78 is 5.49. The Morgan fingerprint density at radius 1 is 1.56 bits per heavy atom. The lowest BCUT2D eigenvalue weighted by molar-refractivity contribution is -0.384. The molecule has 5 nitrogen and oxygen atoms in total. The highest BCUT2D eigenvalue weighted by Crippen LogP contribution is 2.25. The van der Waals surface area contributed by atoms with Crippen LogP contribution in [0.3, 0.4) is 0 Å². The fraction of sp³-hybridized carbons (Fsp3) is 0.455. The number of anilines is 1. The number of ether oxygens (including phenoxy) is 1. The lowest BCUT2D eigenvalue weighted by atomic mass is 10.1. The summed E-state index contributed by atoms with van der Waals surface area (Å²) in [5, 5.41) is 10.7. The maximum atomic E-state index is 10.7. The monoisotopic (exact) mass is 224 g/mol. The van der Waals surface area contributed by atoms with Crippen molar-refractivity contribution in [3.05, 3.63) is 33.9 Å². The molecule has 1 aromatic rings. The SMILES string of the molecule is CCC(C)OCc1cccc([N+](=O)[O-])c1N. The van der Waals surface area contributed by atoms with Gasteiger partial charge in [0.25, 0.3) is 5.69 Å². The van der Waals surface area contributed by atoms with Gasteiger partial charge < -0.3 is 10.5 Å². The Bertz CT molecular complexity index is 379. The van der Waals surface area contributed by atoms with Crippen LogP contribution in [0.4, 0.5) is 11.4 Å². The third-order valence-corrected chi connectivity index (χ3v) is 2.47. The molecule has 0 fully saturated rings. The molecule has 0 aliphatic carbocycles. The van der Waals surface area contributed by atoms with Crippen molar-refractivity contribution in [2.45, 2.75) is 33.0 Å². The van der Waals surface area contributed by atoms with Gasteiger partial charge in [-0.1, -0.05) is 19.1 Å². The minimum atomic E-state index is -0.484. The van der Waals surface area contributed by atoms with Crippen LogP contribution in [0.15, 0.2) is 18.2 Å². The third kappa shape index (κ3) is 2.93. The van der Waals surface area contributed by atoms with Crippen LogP contribution in [-0.4, -0.2) is 11.0 Å². The number of benzene rings is 1. The molecule has 1 unspecified atom stereocenters. The van der Waals surface area contributed by atoms with Crippen LogP contribution in [0.1, 0.15) is 25.8 Å². The molecule has 5 heteroatoms. The topological polar surface area (TPSA) is 78.4 Å². The van der Waals surface area contributed by atoms with Crippen LogP contribution < -0.4 is 5.73 Å². The van der Waals surface area contributed by atoms with E-state index in [-0.39, 0.29) is 17.5 Å². The van der Waals surface area contributed by atoms with E-state index < -0.39 is 4.92 Å². The molecular weight excluding hydrogens is 208 g/mol. The van der Waals surface area contributed by atoms with E-state index in [2.05, 4.69) is 0 Å². The first-order valence-electron chi connectivity index (χ1n) is 5.19. The number of hydrogen-bond acceptors (Lipinski definition) is 4. The highest BCUT2D eigenvalue weighted by Gasteiger charge is 2.14. The van der Waals surface area contributed by atoms with Crippen molar-refractivity contribution in [3.8, 4) is 0 Å². The number of para-hydroxylation sites is 1. The van der Waals surface area contributed by atoms with Crippen LogP contribution in [0.5, 0.6) is 0 Å². The molecule has 0 aliphatic rings. The smallest absolute Gasteiger partial charge is 0.292 e. The normalized spacial score (nSPS) is 12.4. The van der Waals surface area contributed by atoms with E-state index in [4.69, 9.17) is 10.5 Å². The van der Waals surface area contributed by atoms with E-state index in [9.17, 15) is 10.1 Å². The van der Waals surface area contributed by atoms with E-state index in [0.29, 0.717) is 12.2 Å². The molecule has 0 bridgehead atoms. The van der Waals surface area contributed by atoms with E-state index in [0.717, 1.165) is 6.42 Å². The number of nitrogens with two attached hydrogens (primary N) is 1. The first-order valence-corrected chi connectivity index (χ1v) is 5.19. The second-order valence-electron chi connectivity index (χ2n) is 3.64. The first kappa shape index (κ1) is 12.4. The van der Waals surface area contributed by atoms with Crippen molar-refractivity contribution < 1.29 is 9.66 Å². The second kappa shape index (κ2) is 5.46. The minimum absolute atomic E-state index is 0.0646. The van der Waals surface area contributed by atoms with Crippen LogP contribution in [-0.2, 0) is 11.3 Å². The highest BCUT2D eigenvalue weighted by molar-refractivity contribution is 5.62. The van der Waals surface area contributed by atoms with Crippen molar-refractivity contribution >= 4 is 11.4 Å². The summed E-state index contributed by atoms with van der Waals surface area (Å²) in [6, 6.07) is 4.75. The Morgan fingerprint density at radius 3 is 2.81 bits per heavy atom. The van der Waals surface area contributed by atoms with Gasteiger partial charge in [0.1, 0.15) is 5.69 Å². The number of rotatable bonds is 5. The molecule has 2 N–H and O–H groups in total. The molecule has 0 heterocycles. The quantitative estimate of drug-likeness (QED) is 0.473. The van der Waals surface area contributed by atoms with Gasteiger partial charge in [-0.25, -0.2) is 0 Å². The van der Waals surface area contributed by atoms with Gasteiger partial charge in [-0.15, -0.1) is 0 Å². The summed E-state index contributed by atoms with van der Waals surface area (Å²) in [4.78, 5) is 10.2. The number of nitro benzene ring substituents is 1. The average molecular weight is 224 g/mol. The number of nitrogen functional groups attached to an aromatic ring is 1. The number of nitrogens with zero attached hydrogens (tertiary/aromatic N) is 1. The molecule has 0 amide bonds. The lowest BCUT2D eigenvalue weighted by Crippen LogP contribution is -2.08. The van der Waals surface area contributed by atoms with Gasteiger partial charge in [-0.05, 0) is 13.3 Å². The summed E-state index contributed by atoms with van der Waals surface area (Å²) >= 11 is 0. The number of hydrogen-bond donors (Lipinski definition) is 1. The molecule has 0 radical (unpaired) electrons. The summed E-state index contributed by atoms with van der Waals surface area (Å²) in [5.41, 5.74) is 6.48. The molecule has 0 spiro atoms. The minimum Gasteiger partial charge on any atom is -0.393 e. The molecule has 0 aliphatic heterocycles. The summed E-state index contributed by atoms with van der Waals surface area (Å²) in [6.07, 6.45) is 1.02. The van der Waals surface area contributed by atoms with Crippen LogP contribution >= 0.6 is 0 Å². The van der Waals surface area contributed by atoms with Gasteiger partial charge in [-0.3, -0.25) is 10.1 Å². The largest absolute Gasteiger partial charge is 0.393 e. The van der Waals surface area contributed by atoms with Gasteiger partial charge in [0, 0.05) is 11.6 Å². The fourth-order valence-electron chi connectivity index (χ4n) is 1.23. The lowest BCUT2D eigenvalue weighted by Gasteiger charge is -2.11. The van der Waals surface area contributed by atoms with Crippen molar-refractivity contribution in [3.63, 3.8) is 0 Å². The average Bonchev–Trinajstić information content (AvgIpc) is 2.26. The van der Waals surface area contributed by atoms with Gasteiger partial charge in [0.2, 0.25) is 0 Å². The molecule has 1 aromatic carbocycles. The summed E-state index contributed by atoms with van der Waals surface area (Å²) in [5.74, 6) is 0. The molecule has 0 saturated heterocycles. The number of nitro groups is 1. The summed E-state index contributed by atoms with van der Waals surface area (Å²) in [6.45, 7) is 4.28. The first-order chi connectivity index (χ1) is 7.56. The van der Waals surface area contributed by atoms with Crippen LogP contribution in [0, 0.1) is 10.1 Å². The van der Waals surface area contributed by atoms with Crippen molar-refractivity contribution in [2.24, 2.45) is 0 Å². The Labute approximate surface area is 94.4 Å². The van der Waals surface area contributed by atoms with Gasteiger partial charge >= 0.3 is 0 Å². The van der Waals surface area contributed by atoms with Gasteiger partial charge in [0.05, 0.1) is 17.6 Å². The Kier molecular flexibility index (Phi) is 4.25. The molecule has 16 heavy (non-hydrogen) atoms. The van der Waals surface area contributed by atoms with Crippen LogP contribution in [0.2, 0.25) is 0 Å². The summed E-state index contributed by atoms with van der Waals surface area (Å²) in [7, 11) is 0. The maximum Gasteiger partial charge on any atom is 0.292 e. The molecular formula is C11H16N2O3. The zero-order chi connectivity index (χ0) is 12.1. The zero-order valence-electron chi connectivity index (χ0n) is 9.47. The second-order valence-corrected chi connectivity index (χ2v) is 3.64. The Balaban J connectivity index is 2.81. The third-order valence-electron chi connectivity index (χ3n) is 2.47. The van der Waals surface area contributed by atoms with E-state index >= 15 is 0 Å².